The summed E-state index contributed by atoms with van der Waals surface area (Å²) in [5, 5.41) is 0. The topological polar surface area (TPSA) is 58.6 Å². The Morgan fingerprint density at radius 2 is 1.79 bits per heavy atom. The molecule has 1 aliphatic heterocycles. The van der Waals surface area contributed by atoms with Crippen LogP contribution in [0.15, 0.2) is 36.7 Å². The maximum Gasteiger partial charge on any atom is 0.253 e. The number of benzene rings is 1. The van der Waals surface area contributed by atoms with Crippen LogP contribution >= 0.6 is 0 Å². The number of amides is 1. The molecule has 2 heterocycles. The van der Waals surface area contributed by atoms with Gasteiger partial charge in [-0.05, 0) is 25.0 Å². The predicted octanol–water partition coefficient (Wildman–Crippen LogP) is 3.38. The van der Waals surface area contributed by atoms with E-state index < -0.39 is 0 Å². The van der Waals surface area contributed by atoms with Crippen LogP contribution < -0.4 is 4.90 Å². The highest BCUT2D eigenvalue weighted by atomic mass is 16.5. The zero-order valence-corrected chi connectivity index (χ0v) is 16.5. The van der Waals surface area contributed by atoms with E-state index in [0.29, 0.717) is 6.04 Å². The second-order valence-electron chi connectivity index (χ2n) is 7.65. The first-order chi connectivity index (χ1) is 13.7. The highest BCUT2D eigenvalue weighted by molar-refractivity contribution is 5.94. The van der Waals surface area contributed by atoms with Crippen LogP contribution in [0.1, 0.15) is 42.5 Å². The van der Waals surface area contributed by atoms with E-state index in [4.69, 9.17) is 4.74 Å². The van der Waals surface area contributed by atoms with Gasteiger partial charge in [0.05, 0.1) is 18.9 Å². The van der Waals surface area contributed by atoms with E-state index in [1.807, 2.05) is 42.3 Å². The minimum absolute atomic E-state index is 0.107. The van der Waals surface area contributed by atoms with Gasteiger partial charge in [-0.1, -0.05) is 31.4 Å². The average Bonchev–Trinajstić information content (AvgIpc) is 2.79. The zero-order chi connectivity index (χ0) is 19.3. The fourth-order valence-electron chi connectivity index (χ4n) is 4.09. The standard InChI is InChI=1S/C22H28N4O2/c1-25(19-5-3-2-4-6-19)22(27)18-9-7-17(8-10-18)20-15-21(24-16-23-20)26-11-13-28-14-12-26/h7-10,15-16,19H,2-6,11-14H2,1H3. The van der Waals surface area contributed by atoms with Gasteiger partial charge < -0.3 is 14.5 Å². The third-order valence-corrected chi connectivity index (χ3v) is 5.86. The molecule has 0 atom stereocenters. The van der Waals surface area contributed by atoms with Crippen LogP contribution in [0.3, 0.4) is 0 Å². The summed E-state index contributed by atoms with van der Waals surface area (Å²) in [6, 6.07) is 10.2. The maximum atomic E-state index is 12.8. The molecule has 0 N–H and O–H groups in total. The van der Waals surface area contributed by atoms with E-state index in [2.05, 4.69) is 14.9 Å². The van der Waals surface area contributed by atoms with E-state index in [9.17, 15) is 4.79 Å². The summed E-state index contributed by atoms with van der Waals surface area (Å²) in [7, 11) is 1.94. The summed E-state index contributed by atoms with van der Waals surface area (Å²) in [4.78, 5) is 25.8. The Balaban J connectivity index is 1.47. The summed E-state index contributed by atoms with van der Waals surface area (Å²) < 4.78 is 5.41. The molecule has 0 radical (unpaired) electrons. The minimum atomic E-state index is 0.107. The quantitative estimate of drug-likeness (QED) is 0.814. The number of hydrogen-bond donors (Lipinski definition) is 0. The van der Waals surface area contributed by atoms with Crippen LogP contribution in [0, 0.1) is 0 Å². The number of anilines is 1. The fourth-order valence-corrected chi connectivity index (χ4v) is 4.09. The van der Waals surface area contributed by atoms with Crippen molar-refractivity contribution < 1.29 is 9.53 Å². The van der Waals surface area contributed by atoms with Crippen molar-refractivity contribution in [1.82, 2.24) is 14.9 Å². The lowest BCUT2D eigenvalue weighted by atomic mass is 9.94. The van der Waals surface area contributed by atoms with Crippen LogP contribution in [0.4, 0.5) is 5.82 Å². The molecule has 0 bridgehead atoms. The molecular formula is C22H28N4O2. The SMILES string of the molecule is CN(C(=O)c1ccc(-c2cc(N3CCOCC3)ncn2)cc1)C1CCCCC1. The second kappa shape index (κ2) is 8.69. The first-order valence-electron chi connectivity index (χ1n) is 10.2. The molecule has 6 nitrogen and oxygen atoms in total. The van der Waals surface area contributed by atoms with Crippen molar-refractivity contribution in [3.8, 4) is 11.3 Å². The van der Waals surface area contributed by atoms with Gasteiger partial charge in [-0.2, -0.15) is 0 Å². The number of hydrogen-bond acceptors (Lipinski definition) is 5. The van der Waals surface area contributed by atoms with Crippen LogP contribution in [-0.2, 0) is 4.74 Å². The molecule has 4 rings (SSSR count). The lowest BCUT2D eigenvalue weighted by Crippen LogP contribution is -2.38. The van der Waals surface area contributed by atoms with Gasteiger partial charge in [0, 0.05) is 43.4 Å². The molecule has 6 heteroatoms. The van der Waals surface area contributed by atoms with E-state index >= 15 is 0 Å². The van der Waals surface area contributed by atoms with E-state index in [0.717, 1.165) is 61.8 Å². The van der Waals surface area contributed by atoms with Crippen LogP contribution in [0.2, 0.25) is 0 Å². The average molecular weight is 380 g/mol. The molecule has 1 aromatic heterocycles. The summed E-state index contributed by atoms with van der Waals surface area (Å²) in [5.41, 5.74) is 2.60. The molecule has 2 aliphatic rings. The van der Waals surface area contributed by atoms with E-state index in [1.54, 1.807) is 6.33 Å². The maximum absolute atomic E-state index is 12.8. The normalized spacial score (nSPS) is 18.1. The van der Waals surface area contributed by atoms with Crippen molar-refractivity contribution in [2.24, 2.45) is 0 Å². The van der Waals surface area contributed by atoms with E-state index in [1.165, 1.54) is 19.3 Å². The van der Waals surface area contributed by atoms with Crippen molar-refractivity contribution in [1.29, 1.82) is 0 Å². The Morgan fingerprint density at radius 3 is 2.50 bits per heavy atom. The number of aromatic nitrogens is 2. The third-order valence-electron chi connectivity index (χ3n) is 5.86. The first-order valence-corrected chi connectivity index (χ1v) is 10.2. The summed E-state index contributed by atoms with van der Waals surface area (Å²) in [6.45, 7) is 3.14. The van der Waals surface area contributed by atoms with Gasteiger partial charge in [0.15, 0.2) is 0 Å². The highest BCUT2D eigenvalue weighted by Crippen LogP contribution is 2.25. The second-order valence-corrected chi connectivity index (χ2v) is 7.65. The van der Waals surface area contributed by atoms with Gasteiger partial charge in [0.25, 0.3) is 5.91 Å². The number of morpholine rings is 1. The lowest BCUT2D eigenvalue weighted by Gasteiger charge is -2.31. The van der Waals surface area contributed by atoms with Crippen LogP contribution in [-0.4, -0.2) is 60.2 Å². The number of carbonyl (C=O) groups is 1. The largest absolute Gasteiger partial charge is 0.378 e. The van der Waals surface area contributed by atoms with Crippen molar-refractivity contribution in [3.05, 3.63) is 42.2 Å². The number of rotatable bonds is 4. The predicted molar refractivity (Wildman–Crippen MR) is 109 cm³/mol. The Bertz CT molecular complexity index is 796. The molecule has 1 aliphatic carbocycles. The number of carbonyl (C=O) groups excluding carboxylic acids is 1. The van der Waals surface area contributed by atoms with Crippen LogP contribution in [0.5, 0.6) is 0 Å². The third kappa shape index (κ3) is 4.17. The Labute approximate surface area is 166 Å². The molecule has 0 spiro atoms. The smallest absolute Gasteiger partial charge is 0.253 e. The van der Waals surface area contributed by atoms with Gasteiger partial charge in [-0.15, -0.1) is 0 Å². The van der Waals surface area contributed by atoms with Crippen molar-refractivity contribution in [2.75, 3.05) is 38.3 Å². The Morgan fingerprint density at radius 1 is 1.07 bits per heavy atom. The lowest BCUT2D eigenvalue weighted by molar-refractivity contribution is 0.0696. The minimum Gasteiger partial charge on any atom is -0.378 e. The van der Waals surface area contributed by atoms with Gasteiger partial charge >= 0.3 is 0 Å². The summed E-state index contributed by atoms with van der Waals surface area (Å²) in [5.74, 6) is 1.03. The first kappa shape index (κ1) is 18.9. The number of nitrogens with zero attached hydrogens (tertiary/aromatic N) is 4. The Kier molecular flexibility index (Phi) is 5.86. The molecule has 1 saturated heterocycles. The highest BCUT2D eigenvalue weighted by Gasteiger charge is 2.23. The zero-order valence-electron chi connectivity index (χ0n) is 16.5. The molecule has 28 heavy (non-hydrogen) atoms. The number of ether oxygens (including phenoxy) is 1. The molecule has 148 valence electrons. The van der Waals surface area contributed by atoms with Gasteiger partial charge in [-0.3, -0.25) is 4.79 Å². The molecule has 2 fully saturated rings. The summed E-state index contributed by atoms with van der Waals surface area (Å²) in [6.07, 6.45) is 7.58. The fraction of sp³-hybridized carbons (Fsp3) is 0.500. The van der Waals surface area contributed by atoms with E-state index in [-0.39, 0.29) is 5.91 Å². The summed E-state index contributed by atoms with van der Waals surface area (Å²) >= 11 is 0. The molecule has 0 unspecified atom stereocenters. The molecule has 1 amide bonds. The van der Waals surface area contributed by atoms with Crippen LogP contribution in [0.25, 0.3) is 11.3 Å². The Hall–Kier alpha value is -2.47. The molecule has 2 aromatic rings. The van der Waals surface area contributed by atoms with Gasteiger partial charge in [0.1, 0.15) is 12.1 Å². The van der Waals surface area contributed by atoms with Gasteiger partial charge in [0.2, 0.25) is 0 Å². The molecular weight excluding hydrogens is 352 g/mol. The van der Waals surface area contributed by atoms with Crippen molar-refractivity contribution in [3.63, 3.8) is 0 Å². The van der Waals surface area contributed by atoms with Crippen molar-refractivity contribution in [2.45, 2.75) is 38.1 Å². The monoisotopic (exact) mass is 380 g/mol. The molecule has 1 saturated carbocycles. The van der Waals surface area contributed by atoms with Crippen molar-refractivity contribution >= 4 is 11.7 Å². The molecule has 1 aromatic carbocycles. The van der Waals surface area contributed by atoms with Gasteiger partial charge in [-0.25, -0.2) is 9.97 Å².